The monoisotopic (exact) mass is 278 g/mol. The molecule has 1 heterocycles. The van der Waals surface area contributed by atoms with Crippen molar-refractivity contribution < 1.29 is 4.79 Å². The van der Waals surface area contributed by atoms with Gasteiger partial charge in [0.2, 0.25) is 5.91 Å². The van der Waals surface area contributed by atoms with Crippen LogP contribution in [0.2, 0.25) is 0 Å². The first-order valence-corrected chi connectivity index (χ1v) is 7.57. The fraction of sp³-hybridized carbons (Fsp3) is 0.278. The summed E-state index contributed by atoms with van der Waals surface area (Å²) < 4.78 is 0. The van der Waals surface area contributed by atoms with Crippen molar-refractivity contribution >= 4 is 11.6 Å². The van der Waals surface area contributed by atoms with Crippen molar-refractivity contribution in [3.8, 4) is 11.1 Å². The fourth-order valence-corrected chi connectivity index (χ4v) is 3.36. The molecule has 2 aliphatic rings. The summed E-state index contributed by atoms with van der Waals surface area (Å²) in [4.78, 5) is 12.2. The summed E-state index contributed by atoms with van der Waals surface area (Å²) in [6.07, 6.45) is 2.97. The van der Waals surface area contributed by atoms with Gasteiger partial charge in [-0.05, 0) is 60.2 Å². The smallest absolute Gasteiger partial charge is 0.241 e. The Labute approximate surface area is 124 Å². The molecule has 4 rings (SSSR count). The zero-order valence-corrected chi connectivity index (χ0v) is 11.9. The first-order valence-electron chi connectivity index (χ1n) is 7.57. The van der Waals surface area contributed by atoms with Crippen molar-refractivity contribution in [1.82, 2.24) is 5.32 Å². The van der Waals surface area contributed by atoms with E-state index >= 15 is 0 Å². The third kappa shape index (κ3) is 2.24. The van der Waals surface area contributed by atoms with E-state index in [0.29, 0.717) is 0 Å². The van der Waals surface area contributed by atoms with Crippen LogP contribution < -0.4 is 10.6 Å². The Morgan fingerprint density at radius 2 is 1.95 bits per heavy atom. The number of hydrogen-bond donors (Lipinski definition) is 2. The number of anilines is 1. The van der Waals surface area contributed by atoms with Crippen LogP contribution in [-0.4, -0.2) is 18.5 Å². The third-order valence-corrected chi connectivity index (χ3v) is 4.44. The van der Waals surface area contributed by atoms with Gasteiger partial charge in [0.05, 0.1) is 6.04 Å². The molecule has 3 heteroatoms. The molecule has 1 aliphatic heterocycles. The molecular formula is C18H18N2O. The lowest BCUT2D eigenvalue weighted by Gasteiger charge is -2.12. The molecule has 1 amide bonds. The quantitative estimate of drug-likeness (QED) is 0.756. The van der Waals surface area contributed by atoms with Crippen molar-refractivity contribution in [2.75, 3.05) is 11.9 Å². The number of fused-ring (bicyclic) bond motifs is 3. The van der Waals surface area contributed by atoms with E-state index in [-0.39, 0.29) is 11.9 Å². The Hall–Kier alpha value is -2.13. The standard InChI is InChI=1S/C18H18N2O/c21-18(17-6-3-9-19-17)20-14-7-8-16-13(11-14)10-12-4-1-2-5-15(12)16/h1-2,4-5,7-8,11,17,19H,3,6,9-10H2,(H,20,21)/t17-/m1/s1. The lowest BCUT2D eigenvalue weighted by molar-refractivity contribution is -0.117. The Morgan fingerprint density at radius 3 is 2.81 bits per heavy atom. The summed E-state index contributed by atoms with van der Waals surface area (Å²) in [5.74, 6) is 0.0861. The Morgan fingerprint density at radius 1 is 1.10 bits per heavy atom. The lowest BCUT2D eigenvalue weighted by Crippen LogP contribution is -2.35. The second kappa shape index (κ2) is 5.01. The average Bonchev–Trinajstić information content (AvgIpc) is 3.14. The van der Waals surface area contributed by atoms with Crippen LogP contribution >= 0.6 is 0 Å². The maximum Gasteiger partial charge on any atom is 0.241 e. The molecule has 1 atom stereocenters. The van der Waals surface area contributed by atoms with Crippen LogP contribution in [0.25, 0.3) is 11.1 Å². The summed E-state index contributed by atoms with van der Waals surface area (Å²) in [7, 11) is 0. The van der Waals surface area contributed by atoms with Crippen LogP contribution in [0.15, 0.2) is 42.5 Å². The third-order valence-electron chi connectivity index (χ3n) is 4.44. The van der Waals surface area contributed by atoms with E-state index in [1.165, 1.54) is 22.3 Å². The summed E-state index contributed by atoms with van der Waals surface area (Å²) in [6, 6.07) is 14.7. The molecule has 0 aromatic heterocycles. The van der Waals surface area contributed by atoms with Gasteiger partial charge in [0, 0.05) is 5.69 Å². The van der Waals surface area contributed by atoms with E-state index in [4.69, 9.17) is 0 Å². The van der Waals surface area contributed by atoms with Gasteiger partial charge in [-0.25, -0.2) is 0 Å². The minimum absolute atomic E-state index is 0.0320. The summed E-state index contributed by atoms with van der Waals surface area (Å²) in [5, 5.41) is 6.27. The Kier molecular flexibility index (Phi) is 3.00. The number of nitrogens with one attached hydrogen (secondary N) is 2. The topological polar surface area (TPSA) is 41.1 Å². The van der Waals surface area contributed by atoms with E-state index < -0.39 is 0 Å². The van der Waals surface area contributed by atoms with E-state index in [1.54, 1.807) is 0 Å². The minimum atomic E-state index is -0.0320. The van der Waals surface area contributed by atoms with Crippen LogP contribution in [0.1, 0.15) is 24.0 Å². The van der Waals surface area contributed by atoms with E-state index in [9.17, 15) is 4.79 Å². The number of rotatable bonds is 2. The molecule has 3 nitrogen and oxygen atoms in total. The van der Waals surface area contributed by atoms with Gasteiger partial charge in [-0.15, -0.1) is 0 Å². The Balaban J connectivity index is 1.57. The van der Waals surface area contributed by atoms with Crippen LogP contribution in [0.3, 0.4) is 0 Å². The van der Waals surface area contributed by atoms with Crippen molar-refractivity contribution in [3.63, 3.8) is 0 Å². The number of carbonyl (C=O) groups excluding carboxylic acids is 1. The van der Waals surface area contributed by atoms with Crippen molar-refractivity contribution in [2.45, 2.75) is 25.3 Å². The molecule has 106 valence electrons. The highest BCUT2D eigenvalue weighted by molar-refractivity contribution is 5.95. The predicted octanol–water partition coefficient (Wildman–Crippen LogP) is 2.95. The first kappa shape index (κ1) is 12.6. The number of carbonyl (C=O) groups is 1. The molecule has 0 bridgehead atoms. The van der Waals surface area contributed by atoms with E-state index in [2.05, 4.69) is 47.0 Å². The van der Waals surface area contributed by atoms with Gasteiger partial charge in [-0.2, -0.15) is 0 Å². The molecular weight excluding hydrogens is 260 g/mol. The fourth-order valence-electron chi connectivity index (χ4n) is 3.36. The normalized spacial score (nSPS) is 19.1. The molecule has 21 heavy (non-hydrogen) atoms. The number of benzene rings is 2. The highest BCUT2D eigenvalue weighted by Gasteiger charge is 2.23. The Bertz CT molecular complexity index is 702. The number of amides is 1. The molecule has 0 spiro atoms. The molecule has 1 saturated heterocycles. The van der Waals surface area contributed by atoms with Crippen LogP contribution in [0, 0.1) is 0 Å². The highest BCUT2D eigenvalue weighted by Crippen LogP contribution is 2.37. The summed E-state index contributed by atoms with van der Waals surface area (Å²) >= 11 is 0. The van der Waals surface area contributed by atoms with Gasteiger partial charge >= 0.3 is 0 Å². The average molecular weight is 278 g/mol. The van der Waals surface area contributed by atoms with Gasteiger partial charge in [-0.1, -0.05) is 30.3 Å². The second-order valence-electron chi connectivity index (χ2n) is 5.84. The van der Waals surface area contributed by atoms with Crippen LogP contribution in [0.4, 0.5) is 5.69 Å². The number of hydrogen-bond acceptors (Lipinski definition) is 2. The lowest BCUT2D eigenvalue weighted by atomic mass is 10.1. The van der Waals surface area contributed by atoms with Gasteiger partial charge in [0.15, 0.2) is 0 Å². The van der Waals surface area contributed by atoms with Crippen LogP contribution in [-0.2, 0) is 11.2 Å². The van der Waals surface area contributed by atoms with Gasteiger partial charge in [0.1, 0.15) is 0 Å². The zero-order chi connectivity index (χ0) is 14.2. The summed E-state index contributed by atoms with van der Waals surface area (Å²) in [6.45, 7) is 0.942. The van der Waals surface area contributed by atoms with Gasteiger partial charge in [0.25, 0.3) is 0 Å². The SMILES string of the molecule is O=C(Nc1ccc2c(c1)Cc1ccccc1-2)[C@H]1CCCN1. The molecule has 2 N–H and O–H groups in total. The molecule has 0 radical (unpaired) electrons. The minimum Gasteiger partial charge on any atom is -0.325 e. The van der Waals surface area contributed by atoms with Crippen molar-refractivity contribution in [1.29, 1.82) is 0 Å². The molecule has 2 aromatic carbocycles. The molecule has 1 aliphatic carbocycles. The largest absolute Gasteiger partial charge is 0.325 e. The molecule has 1 fully saturated rings. The molecule has 2 aromatic rings. The van der Waals surface area contributed by atoms with Gasteiger partial charge in [-0.3, -0.25) is 4.79 Å². The predicted molar refractivity (Wildman–Crippen MR) is 84.3 cm³/mol. The van der Waals surface area contributed by atoms with Gasteiger partial charge < -0.3 is 10.6 Å². The zero-order valence-electron chi connectivity index (χ0n) is 11.9. The van der Waals surface area contributed by atoms with Crippen LogP contribution in [0.5, 0.6) is 0 Å². The highest BCUT2D eigenvalue weighted by atomic mass is 16.2. The maximum absolute atomic E-state index is 12.2. The van der Waals surface area contributed by atoms with Crippen molar-refractivity contribution in [2.24, 2.45) is 0 Å². The molecule has 0 unspecified atom stereocenters. The maximum atomic E-state index is 12.2. The van der Waals surface area contributed by atoms with Crippen molar-refractivity contribution in [3.05, 3.63) is 53.6 Å². The van der Waals surface area contributed by atoms with E-state index in [1.807, 2.05) is 6.07 Å². The second-order valence-corrected chi connectivity index (χ2v) is 5.84. The van der Waals surface area contributed by atoms with E-state index in [0.717, 1.165) is 31.5 Å². The summed E-state index contributed by atoms with van der Waals surface area (Å²) in [5.41, 5.74) is 6.19. The first-order chi connectivity index (χ1) is 10.3. The molecule has 0 saturated carbocycles.